The number of hydrogen-bond donors (Lipinski definition) is 1. The van der Waals surface area contributed by atoms with Gasteiger partial charge in [0, 0.05) is 19.3 Å². The summed E-state index contributed by atoms with van der Waals surface area (Å²) in [4.78, 5) is 18.8. The number of fused-ring (bicyclic) bond motifs is 1. The maximum absolute atomic E-state index is 10.6. The molecule has 1 amide bonds. The quantitative estimate of drug-likeness (QED) is 0.691. The minimum Gasteiger partial charge on any atom is -0.345 e. The van der Waals surface area contributed by atoms with E-state index in [0.29, 0.717) is 12.3 Å². The van der Waals surface area contributed by atoms with E-state index in [1.807, 2.05) is 12.3 Å². The van der Waals surface area contributed by atoms with Crippen molar-refractivity contribution in [2.45, 2.75) is 6.92 Å². The minimum absolute atomic E-state index is 0.0888. The van der Waals surface area contributed by atoms with Crippen molar-refractivity contribution in [3.8, 4) is 11.8 Å². The average Bonchev–Trinajstić information content (AvgIpc) is 2.68. The van der Waals surface area contributed by atoms with Crippen LogP contribution >= 0.6 is 0 Å². The van der Waals surface area contributed by atoms with Gasteiger partial charge in [-0.05, 0) is 12.0 Å². The summed E-state index contributed by atoms with van der Waals surface area (Å²) < 4.78 is 1.79. The molecule has 0 atom stereocenters. The molecule has 0 aliphatic heterocycles. The van der Waals surface area contributed by atoms with E-state index in [4.69, 9.17) is 0 Å². The zero-order chi connectivity index (χ0) is 11.4. The first-order valence-electron chi connectivity index (χ1n) is 4.79. The zero-order valence-electron chi connectivity index (χ0n) is 8.77. The Kier molecular flexibility index (Phi) is 2.83. The highest BCUT2D eigenvalue weighted by Crippen LogP contribution is 2.00. The number of rotatable bonds is 1. The molecule has 2 rings (SSSR count). The van der Waals surface area contributed by atoms with Crippen LogP contribution in [0.5, 0.6) is 0 Å². The molecule has 1 N–H and O–H groups in total. The van der Waals surface area contributed by atoms with E-state index in [2.05, 4.69) is 27.1 Å². The highest BCUT2D eigenvalue weighted by atomic mass is 16.1. The van der Waals surface area contributed by atoms with Gasteiger partial charge in [0.05, 0.1) is 12.7 Å². The molecular formula is C11H10N4O. The smallest absolute Gasteiger partial charge is 0.234 e. The summed E-state index contributed by atoms with van der Waals surface area (Å²) in [6.45, 7) is 1.79. The van der Waals surface area contributed by atoms with E-state index in [1.54, 1.807) is 16.8 Å². The van der Waals surface area contributed by atoms with Crippen molar-refractivity contribution < 1.29 is 4.79 Å². The molecule has 2 aromatic heterocycles. The van der Waals surface area contributed by atoms with Gasteiger partial charge in [-0.15, -0.1) is 0 Å². The Morgan fingerprint density at radius 1 is 1.56 bits per heavy atom. The topological polar surface area (TPSA) is 59.3 Å². The Hall–Kier alpha value is -2.35. The summed E-state index contributed by atoms with van der Waals surface area (Å²) in [5.41, 5.74) is 0.758. The van der Waals surface area contributed by atoms with Gasteiger partial charge in [0.2, 0.25) is 11.7 Å². The molecule has 0 fully saturated rings. The van der Waals surface area contributed by atoms with Crippen molar-refractivity contribution in [2.75, 3.05) is 6.54 Å². The van der Waals surface area contributed by atoms with E-state index in [-0.39, 0.29) is 5.91 Å². The van der Waals surface area contributed by atoms with Crippen molar-refractivity contribution in [1.82, 2.24) is 19.7 Å². The molecule has 16 heavy (non-hydrogen) atoms. The summed E-state index contributed by atoms with van der Waals surface area (Å²) in [5.74, 6) is 6.29. The minimum atomic E-state index is -0.0888. The number of hydrogen-bond acceptors (Lipinski definition) is 3. The van der Waals surface area contributed by atoms with Crippen LogP contribution in [0.4, 0.5) is 0 Å². The Morgan fingerprint density at radius 3 is 3.25 bits per heavy atom. The normalized spacial score (nSPS) is 9.56. The molecule has 0 radical (unpaired) electrons. The standard InChI is InChI=1S/C11H10N4O/c1-9(16)12-5-2-4-10-8-14-11-13-6-3-7-15(10)11/h3,6-8H,5H2,1H3,(H,12,16). The molecule has 5 heteroatoms. The third-order valence-corrected chi connectivity index (χ3v) is 1.93. The molecule has 0 spiro atoms. The lowest BCUT2D eigenvalue weighted by Gasteiger charge is -1.92. The van der Waals surface area contributed by atoms with Crippen molar-refractivity contribution in [3.63, 3.8) is 0 Å². The average molecular weight is 214 g/mol. The number of imidazole rings is 1. The third-order valence-electron chi connectivity index (χ3n) is 1.93. The first kappa shape index (κ1) is 10.2. The van der Waals surface area contributed by atoms with Crippen LogP contribution in [0.25, 0.3) is 5.78 Å². The molecule has 80 valence electrons. The fraction of sp³-hybridized carbons (Fsp3) is 0.182. The molecule has 0 aromatic carbocycles. The summed E-state index contributed by atoms with van der Waals surface area (Å²) in [7, 11) is 0. The Labute approximate surface area is 92.5 Å². The second kappa shape index (κ2) is 4.45. The predicted octanol–water partition coefficient (Wildman–Crippen LogP) is 0.217. The lowest BCUT2D eigenvalue weighted by atomic mass is 10.4. The van der Waals surface area contributed by atoms with Gasteiger partial charge in [-0.1, -0.05) is 5.92 Å². The van der Waals surface area contributed by atoms with Crippen LogP contribution in [0.1, 0.15) is 12.6 Å². The molecular weight excluding hydrogens is 204 g/mol. The van der Waals surface area contributed by atoms with Crippen LogP contribution in [0.3, 0.4) is 0 Å². The number of nitrogens with zero attached hydrogens (tertiary/aromatic N) is 3. The van der Waals surface area contributed by atoms with E-state index in [0.717, 1.165) is 5.69 Å². The van der Waals surface area contributed by atoms with Crippen molar-refractivity contribution in [3.05, 3.63) is 30.4 Å². The first-order chi connectivity index (χ1) is 7.77. The lowest BCUT2D eigenvalue weighted by molar-refractivity contribution is -0.118. The number of aromatic nitrogens is 3. The highest BCUT2D eigenvalue weighted by molar-refractivity contribution is 5.73. The maximum Gasteiger partial charge on any atom is 0.234 e. The molecule has 0 saturated carbocycles. The van der Waals surface area contributed by atoms with E-state index >= 15 is 0 Å². The van der Waals surface area contributed by atoms with Crippen LogP contribution in [0.15, 0.2) is 24.7 Å². The van der Waals surface area contributed by atoms with Crippen molar-refractivity contribution >= 4 is 11.7 Å². The van der Waals surface area contributed by atoms with Crippen LogP contribution in [-0.4, -0.2) is 26.8 Å². The SMILES string of the molecule is CC(=O)NCC#Cc1cnc2ncccn12. The van der Waals surface area contributed by atoms with E-state index < -0.39 is 0 Å². The van der Waals surface area contributed by atoms with E-state index in [9.17, 15) is 4.79 Å². The Bertz CT molecular complexity index is 576. The Morgan fingerprint density at radius 2 is 2.44 bits per heavy atom. The van der Waals surface area contributed by atoms with Gasteiger partial charge in [-0.3, -0.25) is 9.20 Å². The summed E-state index contributed by atoms with van der Waals surface area (Å²) in [6, 6.07) is 1.81. The number of amides is 1. The molecule has 0 bridgehead atoms. The second-order valence-electron chi connectivity index (χ2n) is 3.14. The lowest BCUT2D eigenvalue weighted by Crippen LogP contribution is -2.19. The second-order valence-corrected chi connectivity index (χ2v) is 3.14. The van der Waals surface area contributed by atoms with Gasteiger partial charge in [-0.2, -0.15) is 0 Å². The summed E-state index contributed by atoms with van der Waals surface area (Å²) >= 11 is 0. The predicted molar refractivity (Wildman–Crippen MR) is 58.5 cm³/mol. The maximum atomic E-state index is 10.6. The number of carbonyl (C=O) groups excluding carboxylic acids is 1. The van der Waals surface area contributed by atoms with Gasteiger partial charge < -0.3 is 5.32 Å². The van der Waals surface area contributed by atoms with Gasteiger partial charge >= 0.3 is 0 Å². The fourth-order valence-corrected chi connectivity index (χ4v) is 1.22. The molecule has 0 unspecified atom stereocenters. The zero-order valence-corrected chi connectivity index (χ0v) is 8.77. The highest BCUT2D eigenvalue weighted by Gasteiger charge is 1.98. The van der Waals surface area contributed by atoms with Gasteiger partial charge in [0.15, 0.2) is 0 Å². The number of carbonyl (C=O) groups is 1. The molecule has 5 nitrogen and oxygen atoms in total. The largest absolute Gasteiger partial charge is 0.345 e. The van der Waals surface area contributed by atoms with Crippen molar-refractivity contribution in [1.29, 1.82) is 0 Å². The summed E-state index contributed by atoms with van der Waals surface area (Å²) in [6.07, 6.45) is 5.18. The molecule has 0 aliphatic carbocycles. The molecule has 2 heterocycles. The first-order valence-corrected chi connectivity index (χ1v) is 4.79. The van der Waals surface area contributed by atoms with Gasteiger partial charge in [-0.25, -0.2) is 9.97 Å². The van der Waals surface area contributed by atoms with Gasteiger partial charge in [0.25, 0.3) is 0 Å². The van der Waals surface area contributed by atoms with Crippen LogP contribution in [0.2, 0.25) is 0 Å². The Balaban J connectivity index is 2.18. The number of nitrogens with one attached hydrogen (secondary N) is 1. The van der Waals surface area contributed by atoms with Crippen LogP contribution < -0.4 is 5.32 Å². The van der Waals surface area contributed by atoms with Crippen molar-refractivity contribution in [2.24, 2.45) is 0 Å². The molecule has 0 saturated heterocycles. The van der Waals surface area contributed by atoms with Crippen LogP contribution in [0, 0.1) is 11.8 Å². The molecule has 2 aromatic rings. The monoisotopic (exact) mass is 214 g/mol. The fourth-order valence-electron chi connectivity index (χ4n) is 1.22. The van der Waals surface area contributed by atoms with Gasteiger partial charge in [0.1, 0.15) is 5.69 Å². The van der Waals surface area contributed by atoms with Crippen LogP contribution in [-0.2, 0) is 4.79 Å². The molecule has 0 aliphatic rings. The third kappa shape index (κ3) is 2.17. The van der Waals surface area contributed by atoms with E-state index in [1.165, 1.54) is 6.92 Å². The summed E-state index contributed by atoms with van der Waals surface area (Å²) in [5, 5.41) is 2.60.